The van der Waals surface area contributed by atoms with Crippen LogP contribution in [0.25, 0.3) is 0 Å². The number of pyridine rings is 1. The summed E-state index contributed by atoms with van der Waals surface area (Å²) in [5.41, 5.74) is 2.32. The third-order valence-corrected chi connectivity index (χ3v) is 1.94. The van der Waals surface area contributed by atoms with Crippen molar-refractivity contribution >= 4 is 0 Å². The van der Waals surface area contributed by atoms with Gasteiger partial charge >= 0.3 is 0 Å². The van der Waals surface area contributed by atoms with E-state index in [0.29, 0.717) is 6.04 Å². The molecule has 0 aliphatic rings. The van der Waals surface area contributed by atoms with Crippen molar-refractivity contribution in [1.29, 1.82) is 0 Å². The Kier molecular flexibility index (Phi) is 3.23. The topological polar surface area (TPSA) is 24.9 Å². The van der Waals surface area contributed by atoms with Crippen molar-refractivity contribution in [3.8, 4) is 0 Å². The summed E-state index contributed by atoms with van der Waals surface area (Å²) in [5.74, 6) is 0. The summed E-state index contributed by atoms with van der Waals surface area (Å²) in [7, 11) is 0. The van der Waals surface area contributed by atoms with Crippen LogP contribution in [0, 0.1) is 6.92 Å². The van der Waals surface area contributed by atoms with Gasteiger partial charge in [0.05, 0.1) is 0 Å². The van der Waals surface area contributed by atoms with Gasteiger partial charge in [0.15, 0.2) is 0 Å². The van der Waals surface area contributed by atoms with E-state index in [9.17, 15) is 0 Å². The fraction of sp³-hybridized carbons (Fsp3) is 0.500. The fourth-order valence-corrected chi connectivity index (χ4v) is 1.16. The van der Waals surface area contributed by atoms with Crippen LogP contribution in [0.2, 0.25) is 0 Å². The molecule has 0 fully saturated rings. The maximum Gasteiger partial charge on any atom is 0.0372 e. The number of aryl methyl sites for hydroxylation is 1. The number of nitrogens with zero attached hydrogens (tertiary/aromatic N) is 1. The Morgan fingerprint density at radius 3 is 2.75 bits per heavy atom. The molecule has 0 amide bonds. The van der Waals surface area contributed by atoms with E-state index < -0.39 is 0 Å². The number of hydrogen-bond donors (Lipinski definition) is 1. The molecule has 0 saturated heterocycles. The fourth-order valence-electron chi connectivity index (χ4n) is 1.16. The predicted molar refractivity (Wildman–Crippen MR) is 51.1 cm³/mol. The normalized spacial score (nSPS) is 12.9. The summed E-state index contributed by atoms with van der Waals surface area (Å²) in [4.78, 5) is 4.24. The van der Waals surface area contributed by atoms with E-state index in [1.54, 1.807) is 0 Å². The van der Waals surface area contributed by atoms with Crippen LogP contribution in [0.5, 0.6) is 0 Å². The van der Waals surface area contributed by atoms with Gasteiger partial charge in [-0.1, -0.05) is 13.0 Å². The summed E-state index contributed by atoms with van der Waals surface area (Å²) in [5, 5.41) is 3.34. The molecule has 1 atom stereocenters. The van der Waals surface area contributed by atoms with Crippen molar-refractivity contribution in [1.82, 2.24) is 10.3 Å². The molecule has 0 radical (unpaired) electrons. The molecular weight excluding hydrogens is 148 g/mol. The Morgan fingerprint density at radius 2 is 2.25 bits per heavy atom. The van der Waals surface area contributed by atoms with Crippen LogP contribution in [0.15, 0.2) is 18.3 Å². The first-order valence-corrected chi connectivity index (χ1v) is 4.40. The van der Waals surface area contributed by atoms with E-state index in [1.807, 2.05) is 19.2 Å². The molecule has 2 nitrogen and oxygen atoms in total. The van der Waals surface area contributed by atoms with E-state index in [-0.39, 0.29) is 0 Å². The molecule has 0 aromatic carbocycles. The van der Waals surface area contributed by atoms with Gasteiger partial charge < -0.3 is 5.32 Å². The molecule has 0 aliphatic carbocycles. The molecule has 1 heterocycles. The van der Waals surface area contributed by atoms with Gasteiger partial charge in [-0.15, -0.1) is 0 Å². The van der Waals surface area contributed by atoms with Crippen LogP contribution < -0.4 is 5.32 Å². The van der Waals surface area contributed by atoms with E-state index in [1.165, 1.54) is 5.56 Å². The van der Waals surface area contributed by atoms with Crippen LogP contribution in [-0.4, -0.2) is 11.5 Å². The van der Waals surface area contributed by atoms with Crippen molar-refractivity contribution in [3.05, 3.63) is 29.6 Å². The molecule has 1 unspecified atom stereocenters. The molecule has 1 aromatic heterocycles. The van der Waals surface area contributed by atoms with Gasteiger partial charge in [0.25, 0.3) is 0 Å². The van der Waals surface area contributed by atoms with Crippen LogP contribution in [0.4, 0.5) is 0 Å². The van der Waals surface area contributed by atoms with Gasteiger partial charge in [0, 0.05) is 17.9 Å². The van der Waals surface area contributed by atoms with Gasteiger partial charge in [-0.05, 0) is 32.0 Å². The Bertz CT molecular complexity index is 228. The van der Waals surface area contributed by atoms with Crippen molar-refractivity contribution in [2.24, 2.45) is 0 Å². The first-order chi connectivity index (χ1) is 5.74. The van der Waals surface area contributed by atoms with Crippen LogP contribution in [0.1, 0.15) is 31.1 Å². The van der Waals surface area contributed by atoms with Crippen LogP contribution in [0.3, 0.4) is 0 Å². The highest BCUT2D eigenvalue weighted by Gasteiger charge is 2.01. The van der Waals surface area contributed by atoms with Gasteiger partial charge in [-0.3, -0.25) is 4.98 Å². The standard InChI is InChI=1S/C10H16N2/c1-4-11-9(3)10-6-5-8(2)12-7-10/h5-7,9,11H,4H2,1-3H3. The summed E-state index contributed by atoms with van der Waals surface area (Å²) < 4.78 is 0. The first kappa shape index (κ1) is 9.20. The minimum Gasteiger partial charge on any atom is -0.310 e. The lowest BCUT2D eigenvalue weighted by atomic mass is 10.1. The van der Waals surface area contributed by atoms with Crippen molar-refractivity contribution in [2.75, 3.05) is 6.54 Å². The quantitative estimate of drug-likeness (QED) is 0.739. The number of nitrogens with one attached hydrogen (secondary N) is 1. The van der Waals surface area contributed by atoms with Gasteiger partial charge in [0.2, 0.25) is 0 Å². The molecule has 1 N–H and O–H groups in total. The average molecular weight is 164 g/mol. The smallest absolute Gasteiger partial charge is 0.0372 e. The molecule has 2 heteroatoms. The van der Waals surface area contributed by atoms with Crippen molar-refractivity contribution < 1.29 is 0 Å². The second-order valence-electron chi connectivity index (χ2n) is 3.01. The second-order valence-corrected chi connectivity index (χ2v) is 3.01. The zero-order valence-electron chi connectivity index (χ0n) is 7.96. The summed E-state index contributed by atoms with van der Waals surface area (Å²) in [6.45, 7) is 7.25. The third kappa shape index (κ3) is 2.31. The highest BCUT2D eigenvalue weighted by Crippen LogP contribution is 2.10. The molecule has 0 bridgehead atoms. The van der Waals surface area contributed by atoms with E-state index in [4.69, 9.17) is 0 Å². The molecule has 1 aromatic rings. The molecule has 0 saturated carbocycles. The van der Waals surface area contributed by atoms with Gasteiger partial charge in [-0.2, -0.15) is 0 Å². The predicted octanol–water partition coefficient (Wildman–Crippen LogP) is 2.06. The number of hydrogen-bond acceptors (Lipinski definition) is 2. The summed E-state index contributed by atoms with van der Waals surface area (Å²) in [6, 6.07) is 4.57. The molecule has 1 rings (SSSR count). The number of aromatic nitrogens is 1. The largest absolute Gasteiger partial charge is 0.310 e. The zero-order valence-corrected chi connectivity index (χ0v) is 7.96. The Labute approximate surface area is 74.0 Å². The Balaban J connectivity index is 2.68. The Hall–Kier alpha value is -0.890. The highest BCUT2D eigenvalue weighted by atomic mass is 14.9. The molecule has 66 valence electrons. The molecule has 0 aliphatic heterocycles. The van der Waals surface area contributed by atoms with Crippen LogP contribution in [-0.2, 0) is 0 Å². The minimum absolute atomic E-state index is 0.406. The Morgan fingerprint density at radius 1 is 1.50 bits per heavy atom. The molecular formula is C10H16N2. The molecule has 12 heavy (non-hydrogen) atoms. The van der Waals surface area contributed by atoms with Crippen molar-refractivity contribution in [2.45, 2.75) is 26.8 Å². The maximum atomic E-state index is 4.24. The second kappa shape index (κ2) is 4.21. The monoisotopic (exact) mass is 164 g/mol. The lowest BCUT2D eigenvalue weighted by Crippen LogP contribution is -2.17. The van der Waals surface area contributed by atoms with Gasteiger partial charge in [0.1, 0.15) is 0 Å². The van der Waals surface area contributed by atoms with E-state index in [2.05, 4.69) is 30.2 Å². The van der Waals surface area contributed by atoms with E-state index in [0.717, 1.165) is 12.2 Å². The van der Waals surface area contributed by atoms with Crippen LogP contribution >= 0.6 is 0 Å². The molecule has 0 spiro atoms. The van der Waals surface area contributed by atoms with Gasteiger partial charge in [-0.25, -0.2) is 0 Å². The number of rotatable bonds is 3. The average Bonchev–Trinajstić information content (AvgIpc) is 2.06. The lowest BCUT2D eigenvalue weighted by molar-refractivity contribution is 0.596. The zero-order chi connectivity index (χ0) is 8.97. The minimum atomic E-state index is 0.406. The lowest BCUT2D eigenvalue weighted by Gasteiger charge is -2.11. The summed E-state index contributed by atoms with van der Waals surface area (Å²) in [6.07, 6.45) is 1.93. The third-order valence-electron chi connectivity index (χ3n) is 1.94. The maximum absolute atomic E-state index is 4.24. The SMILES string of the molecule is CCNC(C)c1ccc(C)nc1. The van der Waals surface area contributed by atoms with Crippen molar-refractivity contribution in [3.63, 3.8) is 0 Å². The first-order valence-electron chi connectivity index (χ1n) is 4.40. The van der Waals surface area contributed by atoms with E-state index >= 15 is 0 Å². The summed E-state index contributed by atoms with van der Waals surface area (Å²) >= 11 is 0. The highest BCUT2D eigenvalue weighted by molar-refractivity contribution is 5.16.